The Bertz CT molecular complexity index is 734. The van der Waals surface area contributed by atoms with Gasteiger partial charge in [0.05, 0.1) is 0 Å². The van der Waals surface area contributed by atoms with Crippen LogP contribution in [0.2, 0.25) is 0 Å². The lowest BCUT2D eigenvalue weighted by Crippen LogP contribution is -2.39. The molecule has 1 amide bonds. The second-order valence-electron chi connectivity index (χ2n) is 8.24. The van der Waals surface area contributed by atoms with Crippen molar-refractivity contribution in [2.24, 2.45) is 11.3 Å². The highest BCUT2D eigenvalue weighted by Gasteiger charge is 2.29. The minimum Gasteiger partial charge on any atom is -0.347 e. The number of aromatic nitrogens is 1. The molecule has 0 spiro atoms. The molecule has 1 aliphatic rings. The van der Waals surface area contributed by atoms with Gasteiger partial charge in [-0.3, -0.25) is 4.79 Å². The summed E-state index contributed by atoms with van der Waals surface area (Å²) >= 11 is 0. The van der Waals surface area contributed by atoms with Gasteiger partial charge in [0.1, 0.15) is 0 Å². The predicted octanol–water partition coefficient (Wildman–Crippen LogP) is 4.23. The third-order valence-electron chi connectivity index (χ3n) is 4.57. The fourth-order valence-corrected chi connectivity index (χ4v) is 3.57. The van der Waals surface area contributed by atoms with E-state index in [9.17, 15) is 4.79 Å². The standard InChI is InChI=1S/C20H28N2O/c1-14(2)11-22-13-16-9-10-21(19(23)20(3,4)5)12-15-7-6-8-17(22)18(15)16/h6-8,13-14H,9-12H2,1-5H3. The molecule has 0 atom stereocenters. The van der Waals surface area contributed by atoms with Crippen molar-refractivity contribution < 1.29 is 4.79 Å². The van der Waals surface area contributed by atoms with Crippen LogP contribution in [0, 0.1) is 11.3 Å². The minimum atomic E-state index is -0.320. The van der Waals surface area contributed by atoms with E-state index >= 15 is 0 Å². The van der Waals surface area contributed by atoms with Crippen LogP contribution < -0.4 is 0 Å². The Labute approximate surface area is 139 Å². The maximum atomic E-state index is 12.7. The van der Waals surface area contributed by atoms with Gasteiger partial charge in [-0.25, -0.2) is 0 Å². The lowest BCUT2D eigenvalue weighted by atomic mass is 9.94. The van der Waals surface area contributed by atoms with E-state index < -0.39 is 0 Å². The van der Waals surface area contributed by atoms with E-state index in [-0.39, 0.29) is 11.3 Å². The molecule has 0 N–H and O–H groups in total. The summed E-state index contributed by atoms with van der Waals surface area (Å²) in [7, 11) is 0. The molecule has 2 aromatic rings. The van der Waals surface area contributed by atoms with E-state index in [1.807, 2.05) is 25.7 Å². The van der Waals surface area contributed by atoms with Crippen molar-refractivity contribution in [3.05, 3.63) is 35.5 Å². The number of carbonyl (C=O) groups excluding carboxylic acids is 1. The van der Waals surface area contributed by atoms with Crippen LogP contribution in [0.5, 0.6) is 0 Å². The normalized spacial score (nSPS) is 15.3. The van der Waals surface area contributed by atoms with Crippen LogP contribution in [0.25, 0.3) is 10.9 Å². The van der Waals surface area contributed by atoms with Crippen LogP contribution in [-0.4, -0.2) is 21.9 Å². The molecule has 0 unspecified atom stereocenters. The zero-order valence-electron chi connectivity index (χ0n) is 15.0. The summed E-state index contributed by atoms with van der Waals surface area (Å²) in [4.78, 5) is 14.7. The Kier molecular flexibility index (Phi) is 3.99. The van der Waals surface area contributed by atoms with Crippen LogP contribution in [0.3, 0.4) is 0 Å². The third kappa shape index (κ3) is 3.01. The van der Waals surface area contributed by atoms with Crippen molar-refractivity contribution in [2.75, 3.05) is 6.54 Å². The summed E-state index contributed by atoms with van der Waals surface area (Å²) in [5, 5.41) is 1.37. The quantitative estimate of drug-likeness (QED) is 0.814. The molecule has 3 nitrogen and oxygen atoms in total. The molecule has 0 saturated heterocycles. The first-order valence-corrected chi connectivity index (χ1v) is 8.66. The highest BCUT2D eigenvalue weighted by atomic mass is 16.2. The van der Waals surface area contributed by atoms with Crippen LogP contribution in [0.15, 0.2) is 24.4 Å². The van der Waals surface area contributed by atoms with Crippen molar-refractivity contribution in [3.63, 3.8) is 0 Å². The summed E-state index contributed by atoms with van der Waals surface area (Å²) < 4.78 is 2.39. The van der Waals surface area contributed by atoms with E-state index in [1.165, 1.54) is 22.0 Å². The zero-order valence-corrected chi connectivity index (χ0v) is 15.0. The third-order valence-corrected chi connectivity index (χ3v) is 4.57. The fourth-order valence-electron chi connectivity index (χ4n) is 3.57. The number of hydrogen-bond acceptors (Lipinski definition) is 1. The first-order chi connectivity index (χ1) is 10.8. The van der Waals surface area contributed by atoms with Gasteiger partial charge in [0.25, 0.3) is 0 Å². The molecule has 3 rings (SSSR count). The van der Waals surface area contributed by atoms with Gasteiger partial charge in [0.15, 0.2) is 0 Å². The van der Waals surface area contributed by atoms with Gasteiger partial charge < -0.3 is 9.47 Å². The average molecular weight is 312 g/mol. The number of rotatable bonds is 2. The molecule has 2 heterocycles. The second-order valence-corrected chi connectivity index (χ2v) is 8.24. The molecule has 1 aromatic carbocycles. The number of nitrogens with zero attached hydrogens (tertiary/aromatic N) is 2. The van der Waals surface area contributed by atoms with Crippen LogP contribution in [0.1, 0.15) is 45.7 Å². The molecule has 1 aliphatic heterocycles. The Hall–Kier alpha value is -1.77. The highest BCUT2D eigenvalue weighted by Crippen LogP contribution is 2.31. The molecule has 0 radical (unpaired) electrons. The molecular weight excluding hydrogens is 284 g/mol. The van der Waals surface area contributed by atoms with E-state index in [1.54, 1.807) is 0 Å². The van der Waals surface area contributed by atoms with Crippen LogP contribution >= 0.6 is 0 Å². The summed E-state index contributed by atoms with van der Waals surface area (Å²) in [5.41, 5.74) is 3.67. The van der Waals surface area contributed by atoms with E-state index in [0.717, 1.165) is 26.1 Å². The predicted molar refractivity (Wildman–Crippen MR) is 95.4 cm³/mol. The molecule has 0 bridgehead atoms. The van der Waals surface area contributed by atoms with Crippen molar-refractivity contribution in [3.8, 4) is 0 Å². The Morgan fingerprint density at radius 2 is 1.96 bits per heavy atom. The van der Waals surface area contributed by atoms with Gasteiger partial charge >= 0.3 is 0 Å². The number of hydrogen-bond donors (Lipinski definition) is 0. The smallest absolute Gasteiger partial charge is 0.228 e. The van der Waals surface area contributed by atoms with Gasteiger partial charge in [-0.1, -0.05) is 46.8 Å². The number of benzene rings is 1. The van der Waals surface area contributed by atoms with Crippen molar-refractivity contribution >= 4 is 16.8 Å². The lowest BCUT2D eigenvalue weighted by molar-refractivity contribution is -0.140. The van der Waals surface area contributed by atoms with E-state index in [4.69, 9.17) is 0 Å². The largest absolute Gasteiger partial charge is 0.347 e. The Morgan fingerprint density at radius 3 is 2.61 bits per heavy atom. The van der Waals surface area contributed by atoms with Gasteiger partial charge in [-0.05, 0) is 29.5 Å². The fraction of sp³-hybridized carbons (Fsp3) is 0.550. The molecular formula is C20H28N2O. The molecule has 1 aromatic heterocycles. The zero-order chi connectivity index (χ0) is 16.8. The monoisotopic (exact) mass is 312 g/mol. The molecule has 124 valence electrons. The number of amides is 1. The van der Waals surface area contributed by atoms with Crippen LogP contribution in [-0.2, 0) is 24.3 Å². The highest BCUT2D eigenvalue weighted by molar-refractivity contribution is 5.89. The summed E-state index contributed by atoms with van der Waals surface area (Å²) in [5.74, 6) is 0.874. The average Bonchev–Trinajstić information content (AvgIpc) is 2.69. The summed E-state index contributed by atoms with van der Waals surface area (Å²) in [6.45, 7) is 13.1. The van der Waals surface area contributed by atoms with Crippen molar-refractivity contribution in [1.29, 1.82) is 0 Å². The SMILES string of the molecule is CC(C)Cn1cc2c3c(cccc31)CN(C(=O)C(C)(C)C)CC2. The summed E-state index contributed by atoms with van der Waals surface area (Å²) in [6, 6.07) is 6.52. The molecule has 0 fully saturated rings. The van der Waals surface area contributed by atoms with Gasteiger partial charge in [0, 0.05) is 42.1 Å². The first-order valence-electron chi connectivity index (χ1n) is 8.66. The van der Waals surface area contributed by atoms with Gasteiger partial charge in [0.2, 0.25) is 5.91 Å². The molecule has 3 heteroatoms. The first kappa shape index (κ1) is 16.1. The van der Waals surface area contributed by atoms with Gasteiger partial charge in [-0.2, -0.15) is 0 Å². The van der Waals surface area contributed by atoms with Crippen LogP contribution in [0.4, 0.5) is 0 Å². The summed E-state index contributed by atoms with van der Waals surface area (Å²) in [6.07, 6.45) is 3.25. The lowest BCUT2D eigenvalue weighted by Gasteiger charge is -2.28. The Balaban J connectivity index is 2.02. The maximum absolute atomic E-state index is 12.7. The Morgan fingerprint density at radius 1 is 1.22 bits per heavy atom. The minimum absolute atomic E-state index is 0.245. The second kappa shape index (κ2) is 5.70. The van der Waals surface area contributed by atoms with Gasteiger partial charge in [-0.15, -0.1) is 0 Å². The molecule has 0 saturated carbocycles. The van der Waals surface area contributed by atoms with E-state index in [2.05, 4.69) is 42.8 Å². The maximum Gasteiger partial charge on any atom is 0.228 e. The molecule has 0 aliphatic carbocycles. The number of carbonyl (C=O) groups is 1. The molecule has 23 heavy (non-hydrogen) atoms. The van der Waals surface area contributed by atoms with Crippen molar-refractivity contribution in [2.45, 2.75) is 54.1 Å². The topological polar surface area (TPSA) is 25.2 Å². The van der Waals surface area contributed by atoms with E-state index in [0.29, 0.717) is 5.92 Å². The van der Waals surface area contributed by atoms with Crippen molar-refractivity contribution in [1.82, 2.24) is 9.47 Å².